The standard InChI is InChI=1S/C15H23NO2/c1-8-9(2)11(4)13(12(5)10(8)3)7-14(16)15(17)18-6/h14H,7,16H2,1-6H3/t14-/m0/s1. The normalized spacial score (nSPS) is 12.4. The number of methoxy groups -OCH3 is 1. The first-order valence-corrected chi connectivity index (χ1v) is 6.20. The fourth-order valence-electron chi connectivity index (χ4n) is 2.34. The largest absolute Gasteiger partial charge is 0.468 e. The van der Waals surface area contributed by atoms with Crippen molar-refractivity contribution in [2.75, 3.05) is 7.11 Å². The molecule has 3 heteroatoms. The van der Waals surface area contributed by atoms with E-state index in [0.717, 1.165) is 0 Å². The molecule has 1 rings (SSSR count). The van der Waals surface area contributed by atoms with Gasteiger partial charge in [-0.1, -0.05) is 0 Å². The van der Waals surface area contributed by atoms with Crippen LogP contribution in [0.25, 0.3) is 0 Å². The lowest BCUT2D eigenvalue weighted by molar-refractivity contribution is -0.142. The highest BCUT2D eigenvalue weighted by Crippen LogP contribution is 2.26. The summed E-state index contributed by atoms with van der Waals surface area (Å²) in [6.07, 6.45) is 0.534. The van der Waals surface area contributed by atoms with Crippen molar-refractivity contribution in [3.63, 3.8) is 0 Å². The van der Waals surface area contributed by atoms with E-state index in [1.807, 2.05) is 0 Å². The summed E-state index contributed by atoms with van der Waals surface area (Å²) in [6.45, 7) is 10.5. The van der Waals surface area contributed by atoms with E-state index in [1.165, 1.54) is 40.5 Å². The van der Waals surface area contributed by atoms with Crippen LogP contribution in [0.15, 0.2) is 0 Å². The Morgan fingerprint density at radius 2 is 1.39 bits per heavy atom. The Hall–Kier alpha value is -1.35. The van der Waals surface area contributed by atoms with Crippen LogP contribution >= 0.6 is 0 Å². The molecule has 100 valence electrons. The lowest BCUT2D eigenvalue weighted by atomic mass is 9.87. The molecule has 0 saturated heterocycles. The Bertz CT molecular complexity index is 449. The molecule has 1 atom stereocenters. The molecular weight excluding hydrogens is 226 g/mol. The fourth-order valence-corrected chi connectivity index (χ4v) is 2.34. The molecule has 0 spiro atoms. The van der Waals surface area contributed by atoms with E-state index < -0.39 is 6.04 Å². The van der Waals surface area contributed by atoms with E-state index in [0.29, 0.717) is 6.42 Å². The van der Waals surface area contributed by atoms with Crippen molar-refractivity contribution >= 4 is 5.97 Å². The summed E-state index contributed by atoms with van der Waals surface area (Å²) in [4.78, 5) is 11.4. The Morgan fingerprint density at radius 1 is 1.00 bits per heavy atom. The van der Waals surface area contributed by atoms with Crippen LogP contribution in [0.2, 0.25) is 0 Å². The molecule has 1 aromatic rings. The highest BCUT2D eigenvalue weighted by atomic mass is 16.5. The van der Waals surface area contributed by atoms with Gasteiger partial charge in [-0.2, -0.15) is 0 Å². The first-order valence-electron chi connectivity index (χ1n) is 6.20. The molecule has 18 heavy (non-hydrogen) atoms. The topological polar surface area (TPSA) is 52.3 Å². The molecule has 1 aromatic carbocycles. The van der Waals surface area contributed by atoms with Gasteiger partial charge in [0.05, 0.1) is 7.11 Å². The number of rotatable bonds is 3. The summed E-state index contributed by atoms with van der Waals surface area (Å²) in [5.74, 6) is -0.357. The van der Waals surface area contributed by atoms with Crippen LogP contribution in [0.4, 0.5) is 0 Å². The molecule has 0 aromatic heterocycles. The molecule has 0 aliphatic rings. The number of benzene rings is 1. The maximum absolute atomic E-state index is 11.4. The zero-order chi connectivity index (χ0) is 14.0. The van der Waals surface area contributed by atoms with E-state index in [2.05, 4.69) is 39.4 Å². The van der Waals surface area contributed by atoms with Crippen molar-refractivity contribution in [1.29, 1.82) is 0 Å². The lowest BCUT2D eigenvalue weighted by Crippen LogP contribution is -2.34. The highest BCUT2D eigenvalue weighted by molar-refractivity contribution is 5.76. The maximum atomic E-state index is 11.4. The monoisotopic (exact) mass is 249 g/mol. The average molecular weight is 249 g/mol. The first kappa shape index (κ1) is 14.7. The van der Waals surface area contributed by atoms with Crippen LogP contribution in [-0.2, 0) is 16.0 Å². The molecule has 0 fully saturated rings. The van der Waals surface area contributed by atoms with Gasteiger partial charge in [0.2, 0.25) is 0 Å². The van der Waals surface area contributed by atoms with E-state index >= 15 is 0 Å². The lowest BCUT2D eigenvalue weighted by Gasteiger charge is -2.20. The van der Waals surface area contributed by atoms with Crippen molar-refractivity contribution in [1.82, 2.24) is 0 Å². The van der Waals surface area contributed by atoms with Crippen LogP contribution < -0.4 is 5.73 Å². The first-order chi connectivity index (χ1) is 8.31. The third-order valence-corrected chi connectivity index (χ3v) is 4.08. The van der Waals surface area contributed by atoms with E-state index in [-0.39, 0.29) is 5.97 Å². The van der Waals surface area contributed by atoms with Crippen molar-refractivity contribution in [3.05, 3.63) is 33.4 Å². The average Bonchev–Trinajstić information content (AvgIpc) is 2.37. The zero-order valence-electron chi connectivity index (χ0n) is 12.2. The molecule has 0 radical (unpaired) electrons. The van der Waals surface area contributed by atoms with Gasteiger partial charge in [-0.3, -0.25) is 4.79 Å². The third-order valence-electron chi connectivity index (χ3n) is 4.08. The van der Waals surface area contributed by atoms with Gasteiger partial charge in [-0.25, -0.2) is 0 Å². The number of esters is 1. The number of nitrogens with two attached hydrogens (primary N) is 1. The second-order valence-electron chi connectivity index (χ2n) is 4.94. The molecule has 0 bridgehead atoms. The number of hydrogen-bond donors (Lipinski definition) is 1. The van der Waals surface area contributed by atoms with Gasteiger partial charge in [0.1, 0.15) is 6.04 Å². The zero-order valence-corrected chi connectivity index (χ0v) is 12.2. The Balaban J connectivity index is 3.22. The molecule has 0 saturated carbocycles. The van der Waals surface area contributed by atoms with Gasteiger partial charge in [0.15, 0.2) is 0 Å². The summed E-state index contributed by atoms with van der Waals surface area (Å²) >= 11 is 0. The van der Waals surface area contributed by atoms with Gasteiger partial charge >= 0.3 is 5.97 Å². The van der Waals surface area contributed by atoms with Crippen LogP contribution in [0.1, 0.15) is 33.4 Å². The Labute approximate surface area is 109 Å². The van der Waals surface area contributed by atoms with Crippen molar-refractivity contribution in [3.8, 4) is 0 Å². The molecule has 0 aliphatic carbocycles. The van der Waals surface area contributed by atoms with Gasteiger partial charge in [0, 0.05) is 0 Å². The molecule has 2 N–H and O–H groups in total. The SMILES string of the molecule is COC(=O)[C@@H](N)Cc1c(C)c(C)c(C)c(C)c1C. The predicted molar refractivity (Wildman–Crippen MR) is 73.8 cm³/mol. The Kier molecular flexibility index (Phi) is 4.52. The summed E-state index contributed by atoms with van der Waals surface area (Å²) in [6, 6.07) is -0.589. The van der Waals surface area contributed by atoms with E-state index in [1.54, 1.807) is 0 Å². The van der Waals surface area contributed by atoms with Crippen LogP contribution in [0, 0.1) is 34.6 Å². The van der Waals surface area contributed by atoms with Gasteiger partial charge < -0.3 is 10.5 Å². The molecule has 0 heterocycles. The number of carbonyl (C=O) groups is 1. The molecular formula is C15H23NO2. The molecule has 0 amide bonds. The summed E-state index contributed by atoms with van der Waals surface area (Å²) in [5, 5.41) is 0. The summed E-state index contributed by atoms with van der Waals surface area (Å²) in [7, 11) is 1.37. The Morgan fingerprint density at radius 3 is 1.78 bits per heavy atom. The minimum absolute atomic E-state index is 0.357. The van der Waals surface area contributed by atoms with Gasteiger partial charge in [0.25, 0.3) is 0 Å². The van der Waals surface area contributed by atoms with Crippen LogP contribution in [0.3, 0.4) is 0 Å². The van der Waals surface area contributed by atoms with Crippen LogP contribution in [-0.4, -0.2) is 19.1 Å². The number of hydrogen-bond acceptors (Lipinski definition) is 3. The van der Waals surface area contributed by atoms with Gasteiger partial charge in [-0.05, 0) is 74.4 Å². The fraction of sp³-hybridized carbons (Fsp3) is 0.533. The number of ether oxygens (including phenoxy) is 1. The quantitative estimate of drug-likeness (QED) is 0.836. The van der Waals surface area contributed by atoms with Gasteiger partial charge in [-0.15, -0.1) is 0 Å². The molecule has 0 unspecified atom stereocenters. The minimum Gasteiger partial charge on any atom is -0.468 e. The second-order valence-corrected chi connectivity index (χ2v) is 4.94. The highest BCUT2D eigenvalue weighted by Gasteiger charge is 2.19. The smallest absolute Gasteiger partial charge is 0.322 e. The van der Waals surface area contributed by atoms with E-state index in [9.17, 15) is 4.79 Å². The number of carbonyl (C=O) groups excluding carboxylic acids is 1. The third kappa shape index (κ3) is 2.56. The molecule has 3 nitrogen and oxygen atoms in total. The summed E-state index contributed by atoms with van der Waals surface area (Å²) in [5.41, 5.74) is 13.4. The van der Waals surface area contributed by atoms with Crippen molar-refractivity contribution in [2.24, 2.45) is 5.73 Å². The van der Waals surface area contributed by atoms with Crippen molar-refractivity contribution < 1.29 is 9.53 Å². The van der Waals surface area contributed by atoms with Crippen LogP contribution in [0.5, 0.6) is 0 Å². The summed E-state index contributed by atoms with van der Waals surface area (Å²) < 4.78 is 4.68. The minimum atomic E-state index is -0.589. The maximum Gasteiger partial charge on any atom is 0.322 e. The molecule has 0 aliphatic heterocycles. The van der Waals surface area contributed by atoms with Crippen molar-refractivity contribution in [2.45, 2.75) is 47.1 Å². The predicted octanol–water partition coefficient (Wildman–Crippen LogP) is 2.27. The van der Waals surface area contributed by atoms with E-state index in [4.69, 9.17) is 5.73 Å². The second kappa shape index (κ2) is 5.53.